The van der Waals surface area contributed by atoms with E-state index in [1.807, 2.05) is 12.1 Å². The second-order valence-electron chi connectivity index (χ2n) is 7.17. The minimum atomic E-state index is 0.590. The number of hydrogen-bond acceptors (Lipinski definition) is 3. The van der Waals surface area contributed by atoms with Crippen LogP contribution in [0.5, 0.6) is 5.75 Å². The van der Waals surface area contributed by atoms with E-state index in [9.17, 15) is 0 Å². The van der Waals surface area contributed by atoms with Crippen LogP contribution >= 0.6 is 0 Å². The van der Waals surface area contributed by atoms with E-state index in [4.69, 9.17) is 10.5 Å². The van der Waals surface area contributed by atoms with Crippen LogP contribution in [0.25, 0.3) is 0 Å². The highest BCUT2D eigenvalue weighted by Crippen LogP contribution is 2.16. The maximum Gasteiger partial charge on any atom is 0.118 e. The number of nitrogens with zero attached hydrogens (tertiary/aromatic N) is 1. The van der Waals surface area contributed by atoms with Crippen molar-refractivity contribution in [1.29, 1.82) is 0 Å². The molecule has 0 saturated carbocycles. The Morgan fingerprint density at radius 1 is 0.714 bits per heavy atom. The Kier molecular flexibility index (Phi) is 7.65. The maximum atomic E-state index is 5.73. The molecule has 0 aromatic heterocycles. The summed E-state index contributed by atoms with van der Waals surface area (Å²) in [6.07, 6.45) is 2.24. The molecule has 3 rings (SSSR count). The van der Waals surface area contributed by atoms with E-state index in [2.05, 4.69) is 71.6 Å². The van der Waals surface area contributed by atoms with Crippen molar-refractivity contribution in [3.8, 4) is 5.75 Å². The number of methoxy groups -OCH3 is 1. The summed E-state index contributed by atoms with van der Waals surface area (Å²) in [5, 5.41) is 0. The predicted octanol–water partition coefficient (Wildman–Crippen LogP) is 4.79. The van der Waals surface area contributed by atoms with Crippen molar-refractivity contribution in [2.45, 2.75) is 32.5 Å². The molecule has 3 heteroatoms. The Hall–Kier alpha value is -2.62. The van der Waals surface area contributed by atoms with Crippen molar-refractivity contribution in [2.75, 3.05) is 13.7 Å². The first kappa shape index (κ1) is 20.1. The van der Waals surface area contributed by atoms with Crippen LogP contribution in [0.3, 0.4) is 0 Å². The molecule has 0 aliphatic carbocycles. The number of rotatable bonds is 10. The van der Waals surface area contributed by atoms with Crippen molar-refractivity contribution in [2.24, 2.45) is 5.73 Å². The smallest absolute Gasteiger partial charge is 0.118 e. The molecule has 0 fully saturated rings. The predicted molar refractivity (Wildman–Crippen MR) is 116 cm³/mol. The summed E-state index contributed by atoms with van der Waals surface area (Å²) in [6, 6.07) is 27.7. The minimum Gasteiger partial charge on any atom is -0.497 e. The van der Waals surface area contributed by atoms with E-state index in [1.165, 1.54) is 22.3 Å². The lowest BCUT2D eigenvalue weighted by atomic mass is 10.1. The van der Waals surface area contributed by atoms with Gasteiger partial charge in [-0.1, -0.05) is 66.7 Å². The van der Waals surface area contributed by atoms with E-state index >= 15 is 0 Å². The molecule has 0 radical (unpaired) electrons. The molecule has 0 aliphatic rings. The normalized spacial score (nSPS) is 11.0. The number of nitrogens with two attached hydrogens (primary N) is 1. The molecule has 0 heterocycles. The molecule has 3 nitrogen and oxygen atoms in total. The third-order valence-corrected chi connectivity index (χ3v) is 5.01. The van der Waals surface area contributed by atoms with Gasteiger partial charge in [0.2, 0.25) is 0 Å². The van der Waals surface area contributed by atoms with Gasteiger partial charge in [-0.05, 0) is 53.8 Å². The molecule has 0 unspecified atom stereocenters. The summed E-state index contributed by atoms with van der Waals surface area (Å²) in [7, 11) is 1.70. The molecule has 0 saturated heterocycles. The first-order valence-corrected chi connectivity index (χ1v) is 9.94. The lowest BCUT2D eigenvalue weighted by molar-refractivity contribution is 0.253. The summed E-state index contributed by atoms with van der Waals surface area (Å²) in [5.74, 6) is 0.900. The maximum absolute atomic E-state index is 5.73. The van der Waals surface area contributed by atoms with Crippen LogP contribution in [0.15, 0.2) is 78.9 Å². The Labute approximate surface area is 168 Å². The molecule has 28 heavy (non-hydrogen) atoms. The fraction of sp³-hybridized carbons (Fsp3) is 0.280. The van der Waals surface area contributed by atoms with Gasteiger partial charge in [0.05, 0.1) is 7.11 Å². The van der Waals surface area contributed by atoms with E-state index in [0.717, 1.165) is 38.2 Å². The van der Waals surface area contributed by atoms with Crippen LogP contribution < -0.4 is 10.5 Å². The third kappa shape index (κ3) is 6.22. The number of hydrogen-bond donors (Lipinski definition) is 1. The number of benzene rings is 3. The highest BCUT2D eigenvalue weighted by atomic mass is 16.5. The number of ether oxygens (including phenoxy) is 1. The molecule has 0 amide bonds. The van der Waals surface area contributed by atoms with Gasteiger partial charge in [-0.25, -0.2) is 0 Å². The summed E-state index contributed by atoms with van der Waals surface area (Å²) in [6.45, 7) is 3.51. The fourth-order valence-corrected chi connectivity index (χ4v) is 3.39. The average Bonchev–Trinajstić information content (AvgIpc) is 2.75. The largest absolute Gasteiger partial charge is 0.497 e. The first-order chi connectivity index (χ1) is 13.8. The van der Waals surface area contributed by atoms with Gasteiger partial charge >= 0.3 is 0 Å². The second-order valence-corrected chi connectivity index (χ2v) is 7.17. The minimum absolute atomic E-state index is 0.590. The molecule has 0 atom stereocenters. The fourth-order valence-electron chi connectivity index (χ4n) is 3.39. The molecular formula is C25H30N2O. The zero-order valence-corrected chi connectivity index (χ0v) is 16.7. The molecule has 146 valence electrons. The molecule has 3 aromatic rings. The van der Waals surface area contributed by atoms with E-state index < -0.39 is 0 Å². The zero-order chi connectivity index (χ0) is 19.6. The van der Waals surface area contributed by atoms with Crippen LogP contribution in [0.1, 0.15) is 28.7 Å². The highest BCUT2D eigenvalue weighted by Gasteiger charge is 2.08. The van der Waals surface area contributed by atoms with Crippen molar-refractivity contribution in [3.63, 3.8) is 0 Å². The van der Waals surface area contributed by atoms with Gasteiger partial charge < -0.3 is 10.5 Å². The van der Waals surface area contributed by atoms with Gasteiger partial charge in [0, 0.05) is 19.6 Å². The standard InChI is InChI=1S/C25H30N2O/c1-28-25-15-13-24(14-16-25)20-27(17-5-8-21-6-3-2-4-7-21)19-23-11-9-22(18-26)10-12-23/h2-4,6-7,9-16H,5,8,17-20,26H2,1H3. The summed E-state index contributed by atoms with van der Waals surface area (Å²) in [4.78, 5) is 2.52. The van der Waals surface area contributed by atoms with Crippen LogP contribution in [-0.2, 0) is 26.1 Å². The average molecular weight is 375 g/mol. The summed E-state index contributed by atoms with van der Waals surface area (Å²) < 4.78 is 5.28. The Balaban J connectivity index is 1.64. The van der Waals surface area contributed by atoms with Crippen LogP contribution in [0, 0.1) is 0 Å². The van der Waals surface area contributed by atoms with Crippen molar-refractivity contribution < 1.29 is 4.74 Å². The van der Waals surface area contributed by atoms with Crippen LogP contribution in [-0.4, -0.2) is 18.6 Å². The lowest BCUT2D eigenvalue weighted by Gasteiger charge is -2.23. The SMILES string of the molecule is COc1ccc(CN(CCCc2ccccc2)Cc2ccc(CN)cc2)cc1. The van der Waals surface area contributed by atoms with Crippen LogP contribution in [0.4, 0.5) is 0 Å². The zero-order valence-electron chi connectivity index (χ0n) is 16.7. The molecule has 0 spiro atoms. The van der Waals surface area contributed by atoms with Gasteiger partial charge in [0.15, 0.2) is 0 Å². The van der Waals surface area contributed by atoms with E-state index in [-0.39, 0.29) is 0 Å². The van der Waals surface area contributed by atoms with Gasteiger partial charge in [-0.15, -0.1) is 0 Å². The molecular weight excluding hydrogens is 344 g/mol. The lowest BCUT2D eigenvalue weighted by Crippen LogP contribution is -2.24. The first-order valence-electron chi connectivity index (χ1n) is 9.94. The summed E-state index contributed by atoms with van der Waals surface area (Å²) in [5.41, 5.74) is 10.9. The van der Waals surface area contributed by atoms with Gasteiger partial charge in [-0.3, -0.25) is 4.90 Å². The molecule has 0 aliphatic heterocycles. The Bertz CT molecular complexity index is 764. The van der Waals surface area contributed by atoms with Crippen molar-refractivity contribution in [1.82, 2.24) is 4.90 Å². The topological polar surface area (TPSA) is 38.5 Å². The van der Waals surface area contributed by atoms with Crippen LogP contribution in [0.2, 0.25) is 0 Å². The molecule has 0 bridgehead atoms. The van der Waals surface area contributed by atoms with Gasteiger partial charge in [-0.2, -0.15) is 0 Å². The molecule has 3 aromatic carbocycles. The van der Waals surface area contributed by atoms with E-state index in [1.54, 1.807) is 7.11 Å². The van der Waals surface area contributed by atoms with Crippen molar-refractivity contribution >= 4 is 0 Å². The van der Waals surface area contributed by atoms with Gasteiger partial charge in [0.1, 0.15) is 5.75 Å². The quantitative estimate of drug-likeness (QED) is 0.554. The number of aryl methyl sites for hydroxylation is 1. The summed E-state index contributed by atoms with van der Waals surface area (Å²) >= 11 is 0. The Morgan fingerprint density at radius 3 is 1.86 bits per heavy atom. The van der Waals surface area contributed by atoms with Gasteiger partial charge in [0.25, 0.3) is 0 Å². The monoisotopic (exact) mass is 374 g/mol. The highest BCUT2D eigenvalue weighted by molar-refractivity contribution is 5.27. The van der Waals surface area contributed by atoms with Crippen molar-refractivity contribution in [3.05, 3.63) is 101 Å². The third-order valence-electron chi connectivity index (χ3n) is 5.01. The van der Waals surface area contributed by atoms with E-state index in [0.29, 0.717) is 6.54 Å². The molecule has 2 N–H and O–H groups in total. The second kappa shape index (κ2) is 10.6. The Morgan fingerprint density at radius 2 is 1.29 bits per heavy atom.